The molecule has 0 spiro atoms. The monoisotopic (exact) mass is 366 g/mol. The fraction of sp³-hybridized carbons (Fsp3) is 0.462. The van der Waals surface area contributed by atoms with Crippen LogP contribution in [0.1, 0.15) is 15.9 Å². The van der Waals surface area contributed by atoms with E-state index in [1.54, 1.807) is 0 Å². The number of methoxy groups -OCH3 is 1. The third-order valence-electron chi connectivity index (χ3n) is 3.31. The first-order valence-corrected chi connectivity index (χ1v) is 7.03. The summed E-state index contributed by atoms with van der Waals surface area (Å²) in [6, 6.07) is 3.14. The lowest BCUT2D eigenvalue weighted by atomic mass is 10.1. The molecule has 2 atom stereocenters. The van der Waals surface area contributed by atoms with E-state index in [-0.39, 0.29) is 22.2 Å². The van der Waals surface area contributed by atoms with E-state index in [0.717, 1.165) is 6.07 Å². The molecule has 2 rings (SSSR count). The molecule has 0 radical (unpaired) electrons. The third kappa shape index (κ3) is 3.75. The summed E-state index contributed by atoms with van der Waals surface area (Å²) in [4.78, 5) is 12.1. The molecule has 4 nitrogen and oxygen atoms in total. The van der Waals surface area contributed by atoms with E-state index in [2.05, 4.69) is 26.6 Å². The molecule has 21 heavy (non-hydrogen) atoms. The highest BCUT2D eigenvalue weighted by Crippen LogP contribution is 2.35. The molecule has 1 aromatic rings. The zero-order valence-corrected chi connectivity index (χ0v) is 12.7. The minimum atomic E-state index is -4.51. The first-order valence-electron chi connectivity index (χ1n) is 6.24. The first-order chi connectivity index (χ1) is 9.82. The van der Waals surface area contributed by atoms with Crippen molar-refractivity contribution in [2.45, 2.75) is 18.3 Å². The van der Waals surface area contributed by atoms with Crippen LogP contribution in [0, 0.1) is 0 Å². The van der Waals surface area contributed by atoms with Gasteiger partial charge < -0.3 is 15.4 Å². The van der Waals surface area contributed by atoms with E-state index in [0.29, 0.717) is 13.1 Å². The van der Waals surface area contributed by atoms with Crippen molar-refractivity contribution in [3.8, 4) is 0 Å². The molecule has 1 heterocycles. The molecule has 116 valence electrons. The van der Waals surface area contributed by atoms with E-state index in [1.807, 2.05) is 0 Å². The Bertz CT molecular complexity index is 537. The molecule has 0 aliphatic carbocycles. The highest BCUT2D eigenvalue weighted by Gasteiger charge is 2.34. The molecule has 8 heteroatoms. The second kappa shape index (κ2) is 6.33. The van der Waals surface area contributed by atoms with Crippen molar-refractivity contribution in [1.29, 1.82) is 0 Å². The summed E-state index contributed by atoms with van der Waals surface area (Å²) in [5, 5.41) is 5.73. The molecule has 1 aromatic carbocycles. The van der Waals surface area contributed by atoms with Gasteiger partial charge in [-0.2, -0.15) is 13.2 Å². The van der Waals surface area contributed by atoms with E-state index < -0.39 is 17.6 Å². The standard InChI is InChI=1S/C13H14BrF3N2O2/c1-21-11-6-18-5-10(11)19-12(20)7-2-3-9(14)8(4-7)13(15,16)17/h2-4,10-11,18H,5-6H2,1H3,(H,19,20)/t10?,11-/m0/s1. The molecule has 0 bridgehead atoms. The van der Waals surface area contributed by atoms with Gasteiger partial charge in [0.15, 0.2) is 0 Å². The van der Waals surface area contributed by atoms with Gasteiger partial charge in [-0.3, -0.25) is 4.79 Å². The molecule has 1 fully saturated rings. The van der Waals surface area contributed by atoms with Crippen LogP contribution in [-0.2, 0) is 10.9 Å². The van der Waals surface area contributed by atoms with Crippen LogP contribution in [0.2, 0.25) is 0 Å². The smallest absolute Gasteiger partial charge is 0.378 e. The van der Waals surface area contributed by atoms with Crippen molar-refractivity contribution in [2.75, 3.05) is 20.2 Å². The van der Waals surface area contributed by atoms with Gasteiger partial charge in [-0.15, -0.1) is 0 Å². The van der Waals surface area contributed by atoms with Crippen LogP contribution >= 0.6 is 15.9 Å². The Morgan fingerprint density at radius 2 is 2.14 bits per heavy atom. The number of carbonyl (C=O) groups excluding carboxylic acids is 1. The topological polar surface area (TPSA) is 50.4 Å². The Morgan fingerprint density at radius 1 is 1.43 bits per heavy atom. The van der Waals surface area contributed by atoms with Crippen LogP contribution < -0.4 is 10.6 Å². The molecule has 2 N–H and O–H groups in total. The van der Waals surface area contributed by atoms with Gasteiger partial charge in [0.1, 0.15) is 0 Å². The van der Waals surface area contributed by atoms with E-state index in [4.69, 9.17) is 4.74 Å². The Morgan fingerprint density at radius 3 is 2.76 bits per heavy atom. The number of halogens is 4. The van der Waals surface area contributed by atoms with Gasteiger partial charge in [-0.1, -0.05) is 15.9 Å². The lowest BCUT2D eigenvalue weighted by Gasteiger charge is -2.19. The van der Waals surface area contributed by atoms with Crippen molar-refractivity contribution < 1.29 is 22.7 Å². The second-order valence-electron chi connectivity index (χ2n) is 4.70. The molecule has 1 aliphatic heterocycles. The van der Waals surface area contributed by atoms with Crippen LogP contribution in [0.4, 0.5) is 13.2 Å². The van der Waals surface area contributed by atoms with Gasteiger partial charge in [0.25, 0.3) is 5.91 Å². The highest BCUT2D eigenvalue weighted by atomic mass is 79.9. The zero-order valence-electron chi connectivity index (χ0n) is 11.1. The van der Waals surface area contributed by atoms with E-state index >= 15 is 0 Å². The summed E-state index contributed by atoms with van der Waals surface area (Å²) in [5.74, 6) is -0.552. The first kappa shape index (κ1) is 16.3. The lowest BCUT2D eigenvalue weighted by molar-refractivity contribution is -0.138. The number of hydrogen-bond donors (Lipinski definition) is 2. The number of hydrogen-bond acceptors (Lipinski definition) is 3. The largest absolute Gasteiger partial charge is 0.417 e. The minimum absolute atomic E-state index is 0.0349. The normalized spacial score (nSPS) is 22.3. The second-order valence-corrected chi connectivity index (χ2v) is 5.56. The van der Waals surface area contributed by atoms with E-state index in [1.165, 1.54) is 19.2 Å². The van der Waals surface area contributed by atoms with Crippen LogP contribution in [-0.4, -0.2) is 38.3 Å². The molecule has 1 amide bonds. The van der Waals surface area contributed by atoms with Crippen molar-refractivity contribution in [3.63, 3.8) is 0 Å². The molecule has 1 saturated heterocycles. The van der Waals surface area contributed by atoms with Crippen molar-refractivity contribution in [2.24, 2.45) is 0 Å². The maximum atomic E-state index is 12.8. The molecular formula is C13H14BrF3N2O2. The van der Waals surface area contributed by atoms with Gasteiger partial charge >= 0.3 is 6.18 Å². The van der Waals surface area contributed by atoms with Crippen molar-refractivity contribution in [1.82, 2.24) is 10.6 Å². The van der Waals surface area contributed by atoms with Crippen LogP contribution in [0.3, 0.4) is 0 Å². The third-order valence-corrected chi connectivity index (χ3v) is 4.00. The average Bonchev–Trinajstić information content (AvgIpc) is 2.85. The number of amides is 1. The van der Waals surface area contributed by atoms with Gasteiger partial charge in [0.05, 0.1) is 17.7 Å². The maximum absolute atomic E-state index is 12.8. The quantitative estimate of drug-likeness (QED) is 0.861. The maximum Gasteiger partial charge on any atom is 0.417 e. The minimum Gasteiger partial charge on any atom is -0.378 e. The van der Waals surface area contributed by atoms with Gasteiger partial charge in [-0.05, 0) is 18.2 Å². The summed E-state index contributed by atoms with van der Waals surface area (Å²) >= 11 is 2.84. The molecule has 0 saturated carbocycles. The highest BCUT2D eigenvalue weighted by molar-refractivity contribution is 9.10. The predicted octanol–water partition coefficient (Wildman–Crippen LogP) is 2.18. The van der Waals surface area contributed by atoms with Gasteiger partial charge in [0, 0.05) is 30.2 Å². The Labute approximate surface area is 128 Å². The summed E-state index contributed by atoms with van der Waals surface area (Å²) in [6.07, 6.45) is -4.70. The Balaban J connectivity index is 2.16. The lowest BCUT2D eigenvalue weighted by Crippen LogP contribution is -2.43. The SMILES string of the molecule is CO[C@H]1CNCC1NC(=O)c1ccc(Br)c(C(F)(F)F)c1. The molecular weight excluding hydrogens is 353 g/mol. The van der Waals surface area contributed by atoms with Crippen molar-refractivity contribution >= 4 is 21.8 Å². The summed E-state index contributed by atoms with van der Waals surface area (Å²) < 4.78 is 43.6. The van der Waals surface area contributed by atoms with Gasteiger partial charge in [-0.25, -0.2) is 0 Å². The van der Waals surface area contributed by atoms with Crippen LogP contribution in [0.5, 0.6) is 0 Å². The summed E-state index contributed by atoms with van der Waals surface area (Å²) in [7, 11) is 1.53. The van der Waals surface area contributed by atoms with Gasteiger partial charge in [0.2, 0.25) is 0 Å². The average molecular weight is 367 g/mol. The predicted molar refractivity (Wildman–Crippen MR) is 74.1 cm³/mol. The van der Waals surface area contributed by atoms with Crippen molar-refractivity contribution in [3.05, 3.63) is 33.8 Å². The molecule has 0 aromatic heterocycles. The fourth-order valence-corrected chi connectivity index (χ4v) is 2.65. The number of benzene rings is 1. The molecule has 1 aliphatic rings. The Kier molecular flexibility index (Phi) is 4.90. The number of rotatable bonds is 3. The number of nitrogens with one attached hydrogen (secondary N) is 2. The fourth-order valence-electron chi connectivity index (χ4n) is 2.18. The van der Waals surface area contributed by atoms with Crippen LogP contribution in [0.25, 0.3) is 0 Å². The van der Waals surface area contributed by atoms with E-state index in [9.17, 15) is 18.0 Å². The molecule has 1 unspecified atom stereocenters. The Hall–Kier alpha value is -1.12. The summed E-state index contributed by atoms with van der Waals surface area (Å²) in [6.45, 7) is 1.11. The zero-order chi connectivity index (χ0) is 15.6. The number of ether oxygens (including phenoxy) is 1. The van der Waals surface area contributed by atoms with Crippen LogP contribution in [0.15, 0.2) is 22.7 Å². The number of carbonyl (C=O) groups is 1. The summed E-state index contributed by atoms with van der Waals surface area (Å²) in [5.41, 5.74) is -0.907. The number of alkyl halides is 3.